The lowest BCUT2D eigenvalue weighted by Crippen LogP contribution is -2.52. The summed E-state index contributed by atoms with van der Waals surface area (Å²) in [5.74, 6) is 15.4. The Hall–Kier alpha value is -5.56. The number of rotatable bonds is 0. The van der Waals surface area contributed by atoms with Crippen molar-refractivity contribution >= 4 is 0 Å². The van der Waals surface area contributed by atoms with E-state index in [0.29, 0.717) is 0 Å². The van der Waals surface area contributed by atoms with Crippen LogP contribution in [0.15, 0.2) is 158 Å². The van der Waals surface area contributed by atoms with E-state index in [4.69, 9.17) is 0 Å². The van der Waals surface area contributed by atoms with Crippen molar-refractivity contribution in [3.63, 3.8) is 0 Å². The SMILES string of the molecule is C(#CC12c3ccccc3C(c3ccccc31)C1(C#Cc3ccccc3)c3ccccc3C2c2ccccc21)c1ccccc1. The van der Waals surface area contributed by atoms with Gasteiger partial charge in [-0.1, -0.05) is 157 Å². The molecular formula is C44H28. The van der Waals surface area contributed by atoms with Crippen LogP contribution in [0.4, 0.5) is 0 Å². The second kappa shape index (κ2) is 9.47. The highest BCUT2D eigenvalue weighted by Gasteiger charge is 2.62. The molecule has 6 aromatic rings. The van der Waals surface area contributed by atoms with Crippen LogP contribution in [0.1, 0.15) is 67.5 Å². The summed E-state index contributed by atoms with van der Waals surface area (Å²) in [5.41, 5.74) is 11.4. The maximum Gasteiger partial charge on any atom is 0.0930 e. The van der Waals surface area contributed by atoms with Crippen LogP contribution in [0.3, 0.4) is 0 Å². The summed E-state index contributed by atoms with van der Waals surface area (Å²) in [6.07, 6.45) is 0. The summed E-state index contributed by atoms with van der Waals surface area (Å²) in [6.45, 7) is 0. The van der Waals surface area contributed by atoms with Crippen LogP contribution in [-0.2, 0) is 10.8 Å². The Kier molecular flexibility index (Phi) is 5.38. The lowest BCUT2D eigenvalue weighted by molar-refractivity contribution is 0.428. The fourth-order valence-corrected chi connectivity index (χ4v) is 8.41. The maximum absolute atomic E-state index is 4.01. The average molecular weight is 557 g/mol. The molecule has 0 nitrogen and oxygen atoms in total. The molecule has 6 aliphatic rings. The Balaban J connectivity index is 1.50. The summed E-state index contributed by atoms with van der Waals surface area (Å²) < 4.78 is 0. The molecule has 0 heterocycles. The van der Waals surface area contributed by atoms with E-state index < -0.39 is 10.8 Å². The van der Waals surface area contributed by atoms with Gasteiger partial charge < -0.3 is 0 Å². The topological polar surface area (TPSA) is 0 Å². The van der Waals surface area contributed by atoms with E-state index in [1.54, 1.807) is 0 Å². The Labute approximate surface area is 259 Å². The summed E-state index contributed by atoms with van der Waals surface area (Å²) in [6, 6.07) is 57.1. The van der Waals surface area contributed by atoms with E-state index >= 15 is 0 Å². The molecule has 0 saturated carbocycles. The third-order valence-corrected chi connectivity index (χ3v) is 10.0. The van der Waals surface area contributed by atoms with Gasteiger partial charge in [0.05, 0.1) is 10.8 Å². The first kappa shape index (κ1) is 25.0. The van der Waals surface area contributed by atoms with Gasteiger partial charge in [-0.2, -0.15) is 0 Å². The Bertz CT molecular complexity index is 1940. The molecule has 0 aromatic heterocycles. The van der Waals surface area contributed by atoms with Crippen molar-refractivity contribution in [2.45, 2.75) is 22.7 Å². The molecular weight excluding hydrogens is 528 g/mol. The molecule has 0 radical (unpaired) electrons. The van der Waals surface area contributed by atoms with Crippen LogP contribution in [0.25, 0.3) is 0 Å². The van der Waals surface area contributed by atoms with Gasteiger partial charge in [0.15, 0.2) is 0 Å². The molecule has 0 fully saturated rings. The molecule has 0 unspecified atom stereocenters. The molecule has 44 heavy (non-hydrogen) atoms. The fraction of sp³-hybridized carbons (Fsp3) is 0.0909. The minimum Gasteiger partial charge on any atom is -0.0804 e. The molecule has 0 amide bonds. The standard InChI is InChI=1S/C44H28/c1-3-15-31(16-4-1)27-29-43-37-23-11-7-19-33(37)42(34-20-8-12-24-38(34)43)44(30-28-32-17-5-2-6-18-32)39-25-13-9-21-35(39)41(43)36-22-10-14-26-40(36)44/h1-26,41-42H. The Morgan fingerprint density at radius 3 is 0.909 bits per heavy atom. The lowest BCUT2D eigenvalue weighted by Gasteiger charge is -2.57. The van der Waals surface area contributed by atoms with Crippen LogP contribution in [-0.4, -0.2) is 0 Å². The first-order chi connectivity index (χ1) is 21.8. The minimum atomic E-state index is -0.592. The molecule has 0 saturated heterocycles. The predicted octanol–water partition coefficient (Wildman–Crippen LogP) is 8.97. The molecule has 0 N–H and O–H groups in total. The monoisotopic (exact) mass is 556 g/mol. The maximum atomic E-state index is 4.01. The molecule has 0 aliphatic heterocycles. The molecule has 0 spiro atoms. The van der Waals surface area contributed by atoms with Crippen LogP contribution in [0, 0.1) is 23.7 Å². The van der Waals surface area contributed by atoms with Gasteiger partial charge in [-0.3, -0.25) is 0 Å². The highest BCUT2D eigenvalue weighted by Crippen LogP contribution is 2.68. The summed E-state index contributed by atoms with van der Waals surface area (Å²) in [5, 5.41) is 0. The van der Waals surface area contributed by atoms with Gasteiger partial charge in [-0.25, -0.2) is 0 Å². The molecule has 0 heteroatoms. The van der Waals surface area contributed by atoms with E-state index in [9.17, 15) is 0 Å². The zero-order valence-corrected chi connectivity index (χ0v) is 24.2. The van der Waals surface area contributed by atoms with Crippen molar-refractivity contribution in [2.75, 3.05) is 0 Å². The van der Waals surface area contributed by atoms with E-state index in [0.717, 1.165) is 11.1 Å². The third kappa shape index (κ3) is 3.26. The largest absolute Gasteiger partial charge is 0.0930 e. The van der Waals surface area contributed by atoms with Gasteiger partial charge in [-0.15, -0.1) is 0 Å². The number of hydrogen-bond donors (Lipinski definition) is 0. The molecule has 204 valence electrons. The van der Waals surface area contributed by atoms with Crippen molar-refractivity contribution in [1.82, 2.24) is 0 Å². The first-order valence-corrected chi connectivity index (χ1v) is 15.4. The van der Waals surface area contributed by atoms with Crippen LogP contribution >= 0.6 is 0 Å². The normalized spacial score (nSPS) is 22.8. The number of hydrogen-bond acceptors (Lipinski definition) is 0. The minimum absolute atomic E-state index is 0.0127. The average Bonchev–Trinajstić information content (AvgIpc) is 3.09. The molecule has 6 aromatic carbocycles. The van der Waals surface area contributed by atoms with Crippen LogP contribution in [0.2, 0.25) is 0 Å². The molecule has 4 bridgehead atoms. The van der Waals surface area contributed by atoms with Crippen molar-refractivity contribution in [3.8, 4) is 23.7 Å². The molecule has 0 atom stereocenters. The van der Waals surface area contributed by atoms with E-state index in [-0.39, 0.29) is 11.8 Å². The van der Waals surface area contributed by atoms with E-state index in [2.05, 4.69) is 181 Å². The second-order valence-corrected chi connectivity index (χ2v) is 12.1. The summed E-state index contributed by atoms with van der Waals surface area (Å²) >= 11 is 0. The quantitative estimate of drug-likeness (QED) is 0.164. The summed E-state index contributed by atoms with van der Waals surface area (Å²) in [7, 11) is 0. The lowest BCUT2D eigenvalue weighted by atomic mass is 9.43. The van der Waals surface area contributed by atoms with E-state index in [1.807, 2.05) is 0 Å². The molecule has 12 rings (SSSR count). The zero-order chi connectivity index (χ0) is 29.1. The Morgan fingerprint density at radius 1 is 0.318 bits per heavy atom. The fourth-order valence-electron chi connectivity index (χ4n) is 8.41. The van der Waals surface area contributed by atoms with Crippen LogP contribution < -0.4 is 0 Å². The van der Waals surface area contributed by atoms with Gasteiger partial charge in [0.2, 0.25) is 0 Å². The molecule has 6 aliphatic carbocycles. The predicted molar refractivity (Wildman–Crippen MR) is 178 cm³/mol. The highest BCUT2D eigenvalue weighted by molar-refractivity contribution is 5.78. The van der Waals surface area contributed by atoms with Gasteiger partial charge in [0.25, 0.3) is 0 Å². The zero-order valence-electron chi connectivity index (χ0n) is 24.2. The van der Waals surface area contributed by atoms with Gasteiger partial charge in [0, 0.05) is 23.0 Å². The van der Waals surface area contributed by atoms with Gasteiger partial charge >= 0.3 is 0 Å². The second-order valence-electron chi connectivity index (χ2n) is 12.1. The smallest absolute Gasteiger partial charge is 0.0804 e. The van der Waals surface area contributed by atoms with Gasteiger partial charge in [-0.05, 0) is 68.8 Å². The first-order valence-electron chi connectivity index (χ1n) is 15.4. The van der Waals surface area contributed by atoms with E-state index in [1.165, 1.54) is 44.5 Å². The number of benzene rings is 6. The third-order valence-electron chi connectivity index (χ3n) is 10.0. The van der Waals surface area contributed by atoms with Crippen LogP contribution in [0.5, 0.6) is 0 Å². The Morgan fingerprint density at radius 2 is 0.591 bits per heavy atom. The van der Waals surface area contributed by atoms with Gasteiger partial charge in [0.1, 0.15) is 0 Å². The van der Waals surface area contributed by atoms with Crippen molar-refractivity contribution in [1.29, 1.82) is 0 Å². The highest BCUT2D eigenvalue weighted by atomic mass is 14.6. The summed E-state index contributed by atoms with van der Waals surface area (Å²) in [4.78, 5) is 0. The van der Waals surface area contributed by atoms with Crippen molar-refractivity contribution in [2.24, 2.45) is 0 Å². The van der Waals surface area contributed by atoms with Crippen molar-refractivity contribution < 1.29 is 0 Å². The van der Waals surface area contributed by atoms with Crippen molar-refractivity contribution in [3.05, 3.63) is 213 Å².